The van der Waals surface area contributed by atoms with Gasteiger partial charge in [0.1, 0.15) is 23.7 Å². The van der Waals surface area contributed by atoms with E-state index in [-0.39, 0.29) is 25.8 Å². The summed E-state index contributed by atoms with van der Waals surface area (Å²) in [5.41, 5.74) is 0. The summed E-state index contributed by atoms with van der Waals surface area (Å²) in [4.78, 5) is 0. The van der Waals surface area contributed by atoms with Crippen LogP contribution in [0.1, 0.15) is 182 Å². The van der Waals surface area contributed by atoms with Gasteiger partial charge in [0.25, 0.3) is 0 Å². The zero-order valence-electron chi connectivity index (χ0n) is 32.4. The first-order valence-electron chi connectivity index (χ1n) is 19.5. The van der Waals surface area contributed by atoms with Crippen LogP contribution in [0.3, 0.4) is 0 Å². The highest BCUT2D eigenvalue weighted by Crippen LogP contribution is 2.26. The predicted octanol–water partition coefficient (Wildman–Crippen LogP) is 12.1. The monoisotopic (exact) mass is 671 g/mol. The van der Waals surface area contributed by atoms with E-state index in [1.165, 1.54) is 77.0 Å². The van der Waals surface area contributed by atoms with E-state index in [0.717, 1.165) is 100 Å². The molecule has 280 valence electrons. The zero-order chi connectivity index (χ0) is 34.8. The third-order valence-corrected chi connectivity index (χ3v) is 8.93. The summed E-state index contributed by atoms with van der Waals surface area (Å²) in [6.45, 7) is 9.18. The average molecular weight is 671 g/mol. The van der Waals surface area contributed by atoms with Crippen molar-refractivity contribution in [3.63, 3.8) is 0 Å². The molecule has 0 fully saturated rings. The lowest BCUT2D eigenvalue weighted by atomic mass is 10.0. The van der Waals surface area contributed by atoms with E-state index in [4.69, 9.17) is 33.2 Å². The van der Waals surface area contributed by atoms with Crippen LogP contribution in [0, 0.1) is 0 Å². The van der Waals surface area contributed by atoms with Crippen molar-refractivity contribution in [3.05, 3.63) is 23.0 Å². The number of rotatable bonds is 36. The first-order chi connectivity index (χ1) is 23.1. The van der Waals surface area contributed by atoms with Crippen molar-refractivity contribution in [3.8, 4) is 0 Å². The number of ether oxygens (including phenoxy) is 7. The Kier molecular flexibility index (Phi) is 33.4. The maximum atomic E-state index is 6.34. The predicted molar refractivity (Wildman–Crippen MR) is 196 cm³/mol. The van der Waals surface area contributed by atoms with Crippen molar-refractivity contribution in [1.82, 2.24) is 0 Å². The molecule has 0 rings (SSSR count). The Balaban J connectivity index is 5.43. The maximum absolute atomic E-state index is 6.34. The molecule has 0 radical (unpaired) electrons. The fraction of sp³-hybridized carbons (Fsp3) is 0.900. The second-order valence-corrected chi connectivity index (χ2v) is 12.9. The van der Waals surface area contributed by atoms with E-state index in [1.807, 2.05) is 0 Å². The first kappa shape index (κ1) is 45.6. The average Bonchev–Trinajstić information content (AvgIpc) is 3.09. The molecule has 2 unspecified atom stereocenters. The summed E-state index contributed by atoms with van der Waals surface area (Å²) in [5.74, 6) is 3.34. The summed E-state index contributed by atoms with van der Waals surface area (Å²) < 4.78 is 42.1. The van der Waals surface area contributed by atoms with Crippen LogP contribution in [-0.4, -0.2) is 54.2 Å². The van der Waals surface area contributed by atoms with Gasteiger partial charge in [-0.05, 0) is 25.7 Å². The molecule has 2 atom stereocenters. The molecule has 0 saturated carbocycles. The SMILES string of the molecule is CCCCCCCCCC(OCOCOC(CCCCCCCCC)C(OC)=C(CCCCC)OC)C(OC)=C(CCCCC)OC. The Hall–Kier alpha value is -1.44. The van der Waals surface area contributed by atoms with E-state index >= 15 is 0 Å². The van der Waals surface area contributed by atoms with Gasteiger partial charge < -0.3 is 33.2 Å². The molecular weight excluding hydrogens is 592 g/mol. The van der Waals surface area contributed by atoms with Gasteiger partial charge in [0.05, 0.1) is 28.4 Å². The summed E-state index contributed by atoms with van der Waals surface area (Å²) in [5, 5.41) is 0. The molecule has 0 aliphatic rings. The van der Waals surface area contributed by atoms with Crippen molar-refractivity contribution >= 4 is 0 Å². The Morgan fingerprint density at radius 2 is 0.702 bits per heavy atom. The summed E-state index contributed by atoms with van der Waals surface area (Å²) in [6, 6.07) is 0. The van der Waals surface area contributed by atoms with Gasteiger partial charge in [-0.15, -0.1) is 0 Å². The molecular formula is C40H78O7. The smallest absolute Gasteiger partial charge is 0.162 e. The topological polar surface area (TPSA) is 64.6 Å². The molecule has 7 heteroatoms. The fourth-order valence-electron chi connectivity index (χ4n) is 6.02. The van der Waals surface area contributed by atoms with Crippen molar-refractivity contribution in [1.29, 1.82) is 0 Å². The highest BCUT2D eigenvalue weighted by molar-refractivity contribution is 5.08. The lowest BCUT2D eigenvalue weighted by Gasteiger charge is -2.24. The number of hydrogen-bond donors (Lipinski definition) is 0. The van der Waals surface area contributed by atoms with Crippen LogP contribution in [0.15, 0.2) is 23.0 Å². The largest absolute Gasteiger partial charge is 0.497 e. The van der Waals surface area contributed by atoms with Crippen LogP contribution in [0.4, 0.5) is 0 Å². The van der Waals surface area contributed by atoms with Gasteiger partial charge in [-0.1, -0.05) is 143 Å². The van der Waals surface area contributed by atoms with Crippen molar-refractivity contribution < 1.29 is 33.2 Å². The van der Waals surface area contributed by atoms with Crippen LogP contribution >= 0.6 is 0 Å². The lowest BCUT2D eigenvalue weighted by Crippen LogP contribution is -2.24. The lowest BCUT2D eigenvalue weighted by molar-refractivity contribution is -0.166. The molecule has 7 nitrogen and oxygen atoms in total. The molecule has 0 aliphatic carbocycles. The van der Waals surface area contributed by atoms with Crippen molar-refractivity contribution in [2.45, 2.75) is 194 Å². The molecule has 0 saturated heterocycles. The molecule has 0 heterocycles. The quantitative estimate of drug-likeness (QED) is 0.0373. The van der Waals surface area contributed by atoms with Gasteiger partial charge in [-0.2, -0.15) is 0 Å². The van der Waals surface area contributed by atoms with E-state index < -0.39 is 0 Å². The molecule has 0 aliphatic heterocycles. The summed E-state index contributed by atoms with van der Waals surface area (Å²) >= 11 is 0. The normalized spacial score (nSPS) is 14.0. The van der Waals surface area contributed by atoms with Gasteiger partial charge in [-0.3, -0.25) is 0 Å². The van der Waals surface area contributed by atoms with Gasteiger partial charge in [-0.25, -0.2) is 0 Å². The van der Waals surface area contributed by atoms with Gasteiger partial charge >= 0.3 is 0 Å². The molecule has 0 amide bonds. The van der Waals surface area contributed by atoms with Gasteiger partial charge in [0, 0.05) is 12.8 Å². The Labute approximate surface area is 291 Å². The van der Waals surface area contributed by atoms with Crippen LogP contribution in [0.5, 0.6) is 0 Å². The maximum Gasteiger partial charge on any atom is 0.162 e. The second-order valence-electron chi connectivity index (χ2n) is 12.9. The number of hydrogen-bond acceptors (Lipinski definition) is 7. The fourth-order valence-corrected chi connectivity index (χ4v) is 6.02. The molecule has 0 N–H and O–H groups in total. The molecule has 0 aromatic rings. The molecule has 47 heavy (non-hydrogen) atoms. The number of allylic oxidation sites excluding steroid dienone is 2. The van der Waals surface area contributed by atoms with E-state index in [0.29, 0.717) is 0 Å². The summed E-state index contributed by atoms with van der Waals surface area (Å²) in [6.07, 6.45) is 27.3. The van der Waals surface area contributed by atoms with Crippen LogP contribution in [0.25, 0.3) is 0 Å². The minimum Gasteiger partial charge on any atom is -0.497 e. The standard InChI is InChI=1S/C40H78O7/c1-9-13-17-19-21-23-27-31-37(39(43-7)35(41-5)29-25-15-11-3)46-33-45-34-47-38(32-28-24-22-20-18-14-10-2)40(44-8)36(42-6)30-26-16-12-4/h37-38H,9-34H2,1-8H3. The van der Waals surface area contributed by atoms with Crippen molar-refractivity contribution in [2.75, 3.05) is 42.0 Å². The Bertz CT molecular complexity index is 676. The molecule has 0 aromatic heterocycles. The summed E-state index contributed by atoms with van der Waals surface area (Å²) in [7, 11) is 6.91. The van der Waals surface area contributed by atoms with E-state index in [2.05, 4.69) is 27.7 Å². The van der Waals surface area contributed by atoms with Crippen LogP contribution < -0.4 is 0 Å². The molecule has 0 aromatic carbocycles. The number of methoxy groups -OCH3 is 4. The minimum absolute atomic E-state index is 0.115. The van der Waals surface area contributed by atoms with Gasteiger partial charge in [0.2, 0.25) is 0 Å². The van der Waals surface area contributed by atoms with Crippen molar-refractivity contribution in [2.24, 2.45) is 0 Å². The van der Waals surface area contributed by atoms with E-state index in [1.54, 1.807) is 28.4 Å². The molecule has 0 bridgehead atoms. The van der Waals surface area contributed by atoms with Crippen LogP contribution in [-0.2, 0) is 33.2 Å². The zero-order valence-corrected chi connectivity index (χ0v) is 32.4. The highest BCUT2D eigenvalue weighted by atomic mass is 16.7. The highest BCUT2D eigenvalue weighted by Gasteiger charge is 2.23. The van der Waals surface area contributed by atoms with Crippen LogP contribution in [0.2, 0.25) is 0 Å². The third-order valence-electron chi connectivity index (χ3n) is 8.93. The van der Waals surface area contributed by atoms with E-state index in [9.17, 15) is 0 Å². The Morgan fingerprint density at radius 1 is 0.383 bits per heavy atom. The Morgan fingerprint density at radius 3 is 1.02 bits per heavy atom. The molecule has 0 spiro atoms. The minimum atomic E-state index is -0.219. The third kappa shape index (κ3) is 23.5. The second kappa shape index (κ2) is 34.4. The first-order valence-corrected chi connectivity index (χ1v) is 19.5. The number of unbranched alkanes of at least 4 members (excludes halogenated alkanes) is 16. The van der Waals surface area contributed by atoms with Gasteiger partial charge in [0.15, 0.2) is 25.1 Å².